The molecule has 1 aromatic heterocycles. The van der Waals surface area contributed by atoms with E-state index in [1.165, 1.54) is 17.7 Å². The molecular formula is C21H24OS2. The summed E-state index contributed by atoms with van der Waals surface area (Å²) in [6.45, 7) is 8.29. The van der Waals surface area contributed by atoms with Crippen LogP contribution in [0.25, 0.3) is 15.0 Å². The highest BCUT2D eigenvalue weighted by atomic mass is 32.1. The molecule has 3 heteroatoms. The van der Waals surface area contributed by atoms with Crippen LogP contribution in [0.15, 0.2) is 41.7 Å². The van der Waals surface area contributed by atoms with E-state index in [9.17, 15) is 4.79 Å². The highest BCUT2D eigenvalue weighted by Crippen LogP contribution is 2.42. The molecule has 0 fully saturated rings. The van der Waals surface area contributed by atoms with Gasteiger partial charge >= 0.3 is 0 Å². The quantitative estimate of drug-likeness (QED) is 0.524. The molecule has 3 rings (SSSR count). The van der Waals surface area contributed by atoms with Crippen LogP contribution < -0.4 is 5.43 Å². The summed E-state index contributed by atoms with van der Waals surface area (Å²) in [6.07, 6.45) is 9.10. The first-order valence-corrected chi connectivity index (χ1v) is 9.90. The summed E-state index contributed by atoms with van der Waals surface area (Å²) >= 11 is 6.32. The van der Waals surface area contributed by atoms with Crippen LogP contribution in [0.2, 0.25) is 0 Å². The second-order valence-corrected chi connectivity index (χ2v) is 8.33. The van der Waals surface area contributed by atoms with Crippen LogP contribution in [0, 0.1) is 5.41 Å². The SMILES string of the molecule is C=C/C=C(\S)c1ccc2c(=O)c3c(sc2c1)CC(CC)(CC)CC3. The molecule has 0 saturated heterocycles. The first-order chi connectivity index (χ1) is 11.5. The zero-order chi connectivity index (χ0) is 17.3. The number of thiol groups is 1. The molecule has 0 radical (unpaired) electrons. The Balaban J connectivity index is 2.16. The maximum atomic E-state index is 12.9. The summed E-state index contributed by atoms with van der Waals surface area (Å²) in [7, 11) is 0. The van der Waals surface area contributed by atoms with Gasteiger partial charge in [-0.15, -0.1) is 24.0 Å². The number of hydrogen-bond acceptors (Lipinski definition) is 3. The zero-order valence-electron chi connectivity index (χ0n) is 14.4. The summed E-state index contributed by atoms with van der Waals surface area (Å²) in [4.78, 5) is 15.1. The Labute approximate surface area is 153 Å². The Morgan fingerprint density at radius 3 is 2.79 bits per heavy atom. The molecule has 2 aromatic rings. The van der Waals surface area contributed by atoms with Crippen molar-refractivity contribution in [3.63, 3.8) is 0 Å². The summed E-state index contributed by atoms with van der Waals surface area (Å²) in [6, 6.07) is 6.03. The van der Waals surface area contributed by atoms with E-state index in [0.29, 0.717) is 5.41 Å². The van der Waals surface area contributed by atoms with Gasteiger partial charge < -0.3 is 0 Å². The molecule has 0 amide bonds. The first-order valence-electron chi connectivity index (χ1n) is 8.64. The van der Waals surface area contributed by atoms with Gasteiger partial charge in [-0.2, -0.15) is 0 Å². The second kappa shape index (κ2) is 6.89. The molecule has 0 unspecified atom stereocenters. The van der Waals surface area contributed by atoms with Gasteiger partial charge in [0.05, 0.1) is 0 Å². The van der Waals surface area contributed by atoms with Crippen molar-refractivity contribution in [2.75, 3.05) is 0 Å². The summed E-state index contributed by atoms with van der Waals surface area (Å²) in [5.74, 6) is 0. The van der Waals surface area contributed by atoms with Crippen LogP contribution in [0.5, 0.6) is 0 Å². The van der Waals surface area contributed by atoms with Crippen LogP contribution in [0.3, 0.4) is 0 Å². The molecular weight excluding hydrogens is 332 g/mol. The fourth-order valence-electron chi connectivity index (χ4n) is 3.71. The molecule has 24 heavy (non-hydrogen) atoms. The van der Waals surface area contributed by atoms with E-state index in [2.05, 4.69) is 39.1 Å². The maximum Gasteiger partial charge on any atom is 0.191 e. The van der Waals surface area contributed by atoms with Crippen molar-refractivity contribution in [3.8, 4) is 0 Å². The normalized spacial score (nSPS) is 16.9. The van der Waals surface area contributed by atoms with E-state index in [4.69, 9.17) is 0 Å². The number of hydrogen-bond donors (Lipinski definition) is 1. The Hall–Kier alpha value is -1.32. The van der Waals surface area contributed by atoms with Gasteiger partial charge in [0.1, 0.15) is 0 Å². The highest BCUT2D eigenvalue weighted by molar-refractivity contribution is 7.90. The monoisotopic (exact) mass is 356 g/mol. The van der Waals surface area contributed by atoms with E-state index in [1.54, 1.807) is 17.4 Å². The molecule has 1 aliphatic rings. The van der Waals surface area contributed by atoms with Crippen molar-refractivity contribution in [1.82, 2.24) is 0 Å². The van der Waals surface area contributed by atoms with Gasteiger partial charge in [-0.3, -0.25) is 4.79 Å². The summed E-state index contributed by atoms with van der Waals surface area (Å²) in [5, 5.41) is 0.850. The van der Waals surface area contributed by atoms with Gasteiger partial charge in [0.2, 0.25) is 0 Å². The van der Waals surface area contributed by atoms with Gasteiger partial charge in [-0.1, -0.05) is 45.4 Å². The smallest absolute Gasteiger partial charge is 0.191 e. The fraction of sp³-hybridized carbons (Fsp3) is 0.381. The van der Waals surface area contributed by atoms with E-state index in [1.807, 2.05) is 18.2 Å². The molecule has 1 nitrogen and oxygen atoms in total. The Kier molecular flexibility index (Phi) is 5.03. The van der Waals surface area contributed by atoms with Gasteiger partial charge in [-0.05, 0) is 48.4 Å². The zero-order valence-corrected chi connectivity index (χ0v) is 16.1. The first kappa shape index (κ1) is 17.5. The summed E-state index contributed by atoms with van der Waals surface area (Å²) in [5.41, 5.74) is 2.71. The van der Waals surface area contributed by atoms with Crippen LogP contribution in [0.4, 0.5) is 0 Å². The van der Waals surface area contributed by atoms with Crippen molar-refractivity contribution < 1.29 is 0 Å². The highest BCUT2D eigenvalue weighted by Gasteiger charge is 2.33. The lowest BCUT2D eigenvalue weighted by Crippen LogP contribution is -2.30. The number of rotatable bonds is 4. The minimum atomic E-state index is 0.236. The Morgan fingerprint density at radius 2 is 2.12 bits per heavy atom. The Morgan fingerprint density at radius 1 is 1.38 bits per heavy atom. The fourth-order valence-corrected chi connectivity index (χ4v) is 5.38. The molecule has 0 bridgehead atoms. The second-order valence-electron chi connectivity index (χ2n) is 6.72. The Bertz CT molecular complexity index is 869. The van der Waals surface area contributed by atoms with Gasteiger partial charge in [0, 0.05) is 25.4 Å². The third-order valence-corrected chi connectivity index (χ3v) is 7.18. The molecule has 0 atom stereocenters. The average molecular weight is 357 g/mol. The molecule has 1 heterocycles. The van der Waals surface area contributed by atoms with Crippen LogP contribution >= 0.6 is 24.0 Å². The lowest BCUT2D eigenvalue weighted by atomic mass is 9.70. The van der Waals surface area contributed by atoms with Gasteiger partial charge in [0.25, 0.3) is 0 Å². The van der Waals surface area contributed by atoms with E-state index in [-0.39, 0.29) is 5.43 Å². The molecule has 0 saturated carbocycles. The van der Waals surface area contributed by atoms with Crippen LogP contribution in [0.1, 0.15) is 49.1 Å². The van der Waals surface area contributed by atoms with Crippen LogP contribution in [-0.2, 0) is 12.8 Å². The predicted molar refractivity (Wildman–Crippen MR) is 110 cm³/mol. The van der Waals surface area contributed by atoms with E-state index < -0.39 is 0 Å². The molecule has 1 aromatic carbocycles. The average Bonchev–Trinajstić information content (AvgIpc) is 2.61. The third kappa shape index (κ3) is 3.00. The van der Waals surface area contributed by atoms with Crippen molar-refractivity contribution in [1.29, 1.82) is 0 Å². The molecule has 0 aliphatic heterocycles. The molecule has 126 valence electrons. The van der Waals surface area contributed by atoms with Crippen molar-refractivity contribution >= 4 is 39.0 Å². The number of fused-ring (bicyclic) bond motifs is 2. The standard InChI is InChI=1S/C21H24OS2/c1-4-7-17(23)14-8-9-15-18(12-14)24-19-13-21(5-2,6-3)11-10-16(19)20(15)22/h4,7-9,12,23H,1,5-6,10-11,13H2,2-3H3/b17-7-. The molecule has 0 spiro atoms. The van der Waals surface area contributed by atoms with Crippen molar-refractivity contribution in [2.45, 2.75) is 46.0 Å². The van der Waals surface area contributed by atoms with Gasteiger partial charge in [-0.25, -0.2) is 0 Å². The lowest BCUT2D eigenvalue weighted by Gasteiger charge is -2.36. The van der Waals surface area contributed by atoms with Gasteiger partial charge in [0.15, 0.2) is 5.43 Å². The number of allylic oxidation sites excluding steroid dienone is 2. The van der Waals surface area contributed by atoms with Crippen molar-refractivity contribution in [3.05, 3.63) is 63.2 Å². The number of benzene rings is 1. The molecule has 0 N–H and O–H groups in total. The lowest BCUT2D eigenvalue weighted by molar-refractivity contribution is 0.226. The van der Waals surface area contributed by atoms with E-state index in [0.717, 1.165) is 45.4 Å². The molecule has 1 aliphatic carbocycles. The van der Waals surface area contributed by atoms with Crippen LogP contribution in [-0.4, -0.2) is 0 Å². The summed E-state index contributed by atoms with van der Waals surface area (Å²) < 4.78 is 1.07. The topological polar surface area (TPSA) is 17.1 Å². The van der Waals surface area contributed by atoms with E-state index >= 15 is 0 Å². The van der Waals surface area contributed by atoms with Crippen molar-refractivity contribution in [2.24, 2.45) is 5.41 Å². The largest absolute Gasteiger partial charge is 0.289 e. The minimum absolute atomic E-state index is 0.236. The maximum absolute atomic E-state index is 12.9. The predicted octanol–water partition coefficient (Wildman–Crippen LogP) is 6.01. The minimum Gasteiger partial charge on any atom is -0.289 e. The third-order valence-electron chi connectivity index (χ3n) is 5.58.